The van der Waals surface area contributed by atoms with Crippen LogP contribution in [0.5, 0.6) is 0 Å². The minimum atomic E-state index is -0.526. The molecule has 1 atom stereocenters. The van der Waals surface area contributed by atoms with Gasteiger partial charge in [-0.2, -0.15) is 0 Å². The summed E-state index contributed by atoms with van der Waals surface area (Å²) in [5.41, 5.74) is 3.55. The first-order valence-corrected chi connectivity index (χ1v) is 7.51. The molecule has 0 radical (unpaired) electrons. The third kappa shape index (κ3) is 5.17. The second-order valence-corrected chi connectivity index (χ2v) is 5.40. The summed E-state index contributed by atoms with van der Waals surface area (Å²) in [6.07, 6.45) is 7.84. The van der Waals surface area contributed by atoms with Crippen molar-refractivity contribution >= 4 is 0 Å². The lowest BCUT2D eigenvalue weighted by atomic mass is 9.98. The summed E-state index contributed by atoms with van der Waals surface area (Å²) in [5, 5.41) is 0. The van der Waals surface area contributed by atoms with Gasteiger partial charge in [-0.15, -0.1) is 0 Å². The minimum absolute atomic E-state index is 0.250. The van der Waals surface area contributed by atoms with Gasteiger partial charge in [0.25, 0.3) is 0 Å². The van der Waals surface area contributed by atoms with Gasteiger partial charge in [0.05, 0.1) is 0 Å². The summed E-state index contributed by atoms with van der Waals surface area (Å²) in [5.74, 6) is 4.48. The van der Waals surface area contributed by atoms with Crippen LogP contribution >= 0.6 is 0 Å². The van der Waals surface area contributed by atoms with Crippen molar-refractivity contribution in [2.24, 2.45) is 5.84 Å². The molecule has 1 rings (SSSR count). The molecule has 20 heavy (non-hydrogen) atoms. The largest absolute Gasteiger partial charge is 0.271 e. The molecule has 1 aromatic carbocycles. The molecule has 2 nitrogen and oxygen atoms in total. The van der Waals surface area contributed by atoms with E-state index in [-0.39, 0.29) is 6.04 Å². The molecular formula is C16H26F2N2. The highest BCUT2D eigenvalue weighted by molar-refractivity contribution is 5.28. The van der Waals surface area contributed by atoms with Crippen LogP contribution in [-0.2, 0) is 0 Å². The lowest BCUT2D eigenvalue weighted by molar-refractivity contribution is 0.454. The topological polar surface area (TPSA) is 38.0 Å². The van der Waals surface area contributed by atoms with Crippen molar-refractivity contribution in [2.45, 2.75) is 64.8 Å². The first kappa shape index (κ1) is 17.1. The molecule has 0 fully saturated rings. The fourth-order valence-electron chi connectivity index (χ4n) is 2.40. The van der Waals surface area contributed by atoms with Gasteiger partial charge in [-0.3, -0.25) is 11.3 Å². The predicted molar refractivity (Wildman–Crippen MR) is 79.2 cm³/mol. The number of rotatable bonds is 9. The number of aryl methyl sites for hydroxylation is 1. The fraction of sp³-hybridized carbons (Fsp3) is 0.625. The molecule has 0 heterocycles. The van der Waals surface area contributed by atoms with Gasteiger partial charge in [0.1, 0.15) is 11.6 Å². The summed E-state index contributed by atoms with van der Waals surface area (Å²) in [7, 11) is 0. The molecule has 1 unspecified atom stereocenters. The van der Waals surface area contributed by atoms with E-state index in [9.17, 15) is 8.78 Å². The average molecular weight is 284 g/mol. The zero-order valence-electron chi connectivity index (χ0n) is 12.5. The molecule has 114 valence electrons. The van der Waals surface area contributed by atoms with Crippen molar-refractivity contribution in [3.63, 3.8) is 0 Å². The van der Waals surface area contributed by atoms with Crippen LogP contribution in [0.3, 0.4) is 0 Å². The number of unbranched alkanes of at least 4 members (excludes halogenated alkanes) is 5. The number of benzene rings is 1. The van der Waals surface area contributed by atoms with Crippen molar-refractivity contribution in [3.05, 3.63) is 34.9 Å². The number of hydrogen-bond donors (Lipinski definition) is 2. The molecule has 0 saturated heterocycles. The Hall–Kier alpha value is -1.00. The molecule has 1 aromatic rings. The molecule has 0 spiro atoms. The zero-order valence-corrected chi connectivity index (χ0v) is 12.5. The maximum atomic E-state index is 13.8. The number of nitrogens with one attached hydrogen (secondary N) is 1. The molecule has 0 aliphatic heterocycles. The minimum Gasteiger partial charge on any atom is -0.271 e. The average Bonchev–Trinajstić information content (AvgIpc) is 2.43. The summed E-state index contributed by atoms with van der Waals surface area (Å²) in [4.78, 5) is 0. The Bertz CT molecular complexity index is 408. The van der Waals surface area contributed by atoms with Gasteiger partial charge in [0.15, 0.2) is 0 Å². The Kier molecular flexibility index (Phi) is 7.70. The predicted octanol–water partition coefficient (Wildman–Crippen LogP) is 4.53. The Labute approximate surface area is 120 Å². The van der Waals surface area contributed by atoms with Crippen LogP contribution in [0.25, 0.3) is 0 Å². The van der Waals surface area contributed by atoms with E-state index >= 15 is 0 Å². The molecule has 0 amide bonds. The van der Waals surface area contributed by atoms with E-state index in [2.05, 4.69) is 12.3 Å². The van der Waals surface area contributed by atoms with E-state index in [0.717, 1.165) is 25.3 Å². The number of hydrogen-bond acceptors (Lipinski definition) is 2. The molecule has 0 aliphatic rings. The molecule has 4 heteroatoms. The molecule has 0 bridgehead atoms. The van der Waals surface area contributed by atoms with Crippen LogP contribution in [0.15, 0.2) is 12.1 Å². The molecule has 0 aromatic heterocycles. The van der Waals surface area contributed by atoms with Crippen LogP contribution < -0.4 is 11.3 Å². The van der Waals surface area contributed by atoms with Crippen LogP contribution in [-0.4, -0.2) is 0 Å². The SMILES string of the molecule is CCCCCCCCC(NN)c1cc(C)c(F)cc1F. The lowest BCUT2D eigenvalue weighted by Gasteiger charge is -2.18. The maximum absolute atomic E-state index is 13.8. The normalized spacial score (nSPS) is 12.7. The van der Waals surface area contributed by atoms with Crippen molar-refractivity contribution in [2.75, 3.05) is 0 Å². The van der Waals surface area contributed by atoms with Crippen LogP contribution in [0.2, 0.25) is 0 Å². The van der Waals surface area contributed by atoms with Crippen LogP contribution in [0.1, 0.15) is 69.0 Å². The first-order valence-electron chi connectivity index (χ1n) is 7.51. The Morgan fingerprint density at radius 2 is 1.70 bits per heavy atom. The third-order valence-electron chi connectivity index (χ3n) is 3.70. The van der Waals surface area contributed by atoms with E-state index in [4.69, 9.17) is 5.84 Å². The molecule has 0 saturated carbocycles. The number of hydrazine groups is 1. The fourth-order valence-corrected chi connectivity index (χ4v) is 2.40. The smallest absolute Gasteiger partial charge is 0.130 e. The van der Waals surface area contributed by atoms with E-state index in [0.29, 0.717) is 11.1 Å². The summed E-state index contributed by atoms with van der Waals surface area (Å²) < 4.78 is 27.1. The highest BCUT2D eigenvalue weighted by Crippen LogP contribution is 2.24. The van der Waals surface area contributed by atoms with Crippen molar-refractivity contribution in [1.82, 2.24) is 5.43 Å². The summed E-state index contributed by atoms with van der Waals surface area (Å²) in [6.45, 7) is 3.82. The van der Waals surface area contributed by atoms with Gasteiger partial charge in [-0.05, 0) is 25.0 Å². The van der Waals surface area contributed by atoms with Gasteiger partial charge >= 0.3 is 0 Å². The van der Waals surface area contributed by atoms with Crippen molar-refractivity contribution in [3.8, 4) is 0 Å². The van der Waals surface area contributed by atoms with Gasteiger partial charge in [0, 0.05) is 17.7 Å². The highest BCUT2D eigenvalue weighted by Gasteiger charge is 2.16. The molecule has 3 N–H and O–H groups in total. The molecular weight excluding hydrogens is 258 g/mol. The number of nitrogens with two attached hydrogens (primary N) is 1. The van der Waals surface area contributed by atoms with Gasteiger partial charge in [-0.1, -0.05) is 45.4 Å². The number of halogens is 2. The Balaban J connectivity index is 2.52. The van der Waals surface area contributed by atoms with Crippen molar-refractivity contribution < 1.29 is 8.78 Å². The first-order chi connectivity index (χ1) is 9.60. The second kappa shape index (κ2) is 9.03. The Morgan fingerprint density at radius 3 is 2.35 bits per heavy atom. The zero-order chi connectivity index (χ0) is 15.0. The maximum Gasteiger partial charge on any atom is 0.130 e. The quantitative estimate of drug-likeness (QED) is 0.397. The van der Waals surface area contributed by atoms with Gasteiger partial charge in [-0.25, -0.2) is 8.78 Å². The van der Waals surface area contributed by atoms with E-state index in [1.165, 1.54) is 25.7 Å². The summed E-state index contributed by atoms with van der Waals surface area (Å²) in [6, 6.07) is 2.24. The van der Waals surface area contributed by atoms with Crippen LogP contribution in [0.4, 0.5) is 8.78 Å². The van der Waals surface area contributed by atoms with Gasteiger partial charge < -0.3 is 0 Å². The second-order valence-electron chi connectivity index (χ2n) is 5.40. The van der Waals surface area contributed by atoms with Crippen molar-refractivity contribution in [1.29, 1.82) is 0 Å². The summed E-state index contributed by atoms with van der Waals surface area (Å²) >= 11 is 0. The van der Waals surface area contributed by atoms with E-state index in [1.807, 2.05) is 0 Å². The van der Waals surface area contributed by atoms with E-state index < -0.39 is 11.6 Å². The molecule has 0 aliphatic carbocycles. The van der Waals surface area contributed by atoms with Crippen LogP contribution in [0, 0.1) is 18.6 Å². The van der Waals surface area contributed by atoms with Gasteiger partial charge in [0.2, 0.25) is 0 Å². The highest BCUT2D eigenvalue weighted by atomic mass is 19.1. The Morgan fingerprint density at radius 1 is 1.05 bits per heavy atom. The monoisotopic (exact) mass is 284 g/mol. The lowest BCUT2D eigenvalue weighted by Crippen LogP contribution is -2.28. The third-order valence-corrected chi connectivity index (χ3v) is 3.70. The van der Waals surface area contributed by atoms with E-state index in [1.54, 1.807) is 13.0 Å². The standard InChI is InChI=1S/C16H26F2N2/c1-3-4-5-6-7-8-9-16(20-19)13-10-12(2)14(17)11-15(13)18/h10-11,16,20H,3-9,19H2,1-2H3.